The molecule has 4 rings (SSSR count). The predicted molar refractivity (Wildman–Crippen MR) is 116 cm³/mol. The molecule has 0 unspecified atom stereocenters. The lowest BCUT2D eigenvalue weighted by Crippen LogP contribution is -2.17. The Bertz CT molecular complexity index is 1170. The molecule has 0 amide bonds. The number of Topliss-reactive ketones (excluding diaryl/α,β-unsaturated/α-hetero) is 1. The first-order valence-electron chi connectivity index (χ1n) is 9.77. The van der Waals surface area contributed by atoms with Gasteiger partial charge in [-0.25, -0.2) is 4.98 Å². The minimum atomic E-state index is -0.458. The Kier molecular flexibility index (Phi) is 5.55. The Labute approximate surface area is 178 Å². The quantitative estimate of drug-likeness (QED) is 0.328. The number of nitrogens with zero attached hydrogens (tertiary/aromatic N) is 3. The number of ketones is 1. The molecule has 0 saturated heterocycles. The molecule has 0 aliphatic carbocycles. The van der Waals surface area contributed by atoms with Gasteiger partial charge in [0.15, 0.2) is 11.6 Å². The molecule has 0 fully saturated rings. The summed E-state index contributed by atoms with van der Waals surface area (Å²) < 4.78 is 9.24. The molecule has 154 valence electrons. The van der Waals surface area contributed by atoms with Gasteiger partial charge in [-0.2, -0.15) is 0 Å². The monoisotopic (exact) mass is 421 g/mol. The van der Waals surface area contributed by atoms with E-state index < -0.39 is 5.97 Å². The van der Waals surface area contributed by atoms with Gasteiger partial charge in [-0.15, -0.1) is 11.3 Å². The third-order valence-corrected chi connectivity index (χ3v) is 6.06. The topological polar surface area (TPSA) is 65.6 Å². The lowest BCUT2D eigenvalue weighted by molar-refractivity contribution is -0.141. The van der Waals surface area contributed by atoms with Gasteiger partial charge in [0.1, 0.15) is 0 Å². The van der Waals surface area contributed by atoms with E-state index in [-0.39, 0.29) is 24.9 Å². The molecule has 30 heavy (non-hydrogen) atoms. The number of hydrogen-bond donors (Lipinski definition) is 0. The van der Waals surface area contributed by atoms with Crippen LogP contribution in [-0.4, -0.2) is 32.3 Å². The molecule has 0 spiro atoms. The van der Waals surface area contributed by atoms with Gasteiger partial charge in [0, 0.05) is 34.7 Å². The average Bonchev–Trinajstić information content (AvgIpc) is 3.40. The Morgan fingerprint density at radius 3 is 2.70 bits per heavy atom. The van der Waals surface area contributed by atoms with E-state index in [4.69, 9.17) is 4.74 Å². The molecule has 4 aromatic rings. The highest BCUT2D eigenvalue weighted by Crippen LogP contribution is 2.25. The number of carbonyl (C=O) groups is 2. The second kappa shape index (κ2) is 8.28. The molecule has 0 aliphatic rings. The number of esters is 1. The summed E-state index contributed by atoms with van der Waals surface area (Å²) in [5.41, 5.74) is 4.26. The van der Waals surface area contributed by atoms with Gasteiger partial charge in [0.05, 0.1) is 18.2 Å². The number of hydrogen-bond acceptors (Lipinski definition) is 5. The second-order valence-electron chi connectivity index (χ2n) is 7.33. The smallest absolute Gasteiger partial charge is 0.312 e. The SMILES string of the molecule is Cc1cc(C(=O)COC(=O)Cc2cn3ccsc3n2)c(C)n1[C@@H](C)c1ccccc1. The number of aromatic nitrogens is 3. The van der Waals surface area contributed by atoms with E-state index in [9.17, 15) is 9.59 Å². The molecule has 0 aliphatic heterocycles. The van der Waals surface area contributed by atoms with Crippen LogP contribution in [0.15, 0.2) is 54.2 Å². The molecule has 6 nitrogen and oxygen atoms in total. The molecular formula is C23H23N3O3S. The summed E-state index contributed by atoms with van der Waals surface area (Å²) in [7, 11) is 0. The summed E-state index contributed by atoms with van der Waals surface area (Å²) in [5, 5.41) is 1.93. The molecule has 0 bridgehead atoms. The van der Waals surface area contributed by atoms with Gasteiger partial charge in [-0.3, -0.25) is 14.0 Å². The lowest BCUT2D eigenvalue weighted by Gasteiger charge is -2.19. The van der Waals surface area contributed by atoms with Crippen molar-refractivity contribution in [1.29, 1.82) is 0 Å². The van der Waals surface area contributed by atoms with Crippen molar-refractivity contribution in [3.8, 4) is 0 Å². The number of thiazole rings is 1. The van der Waals surface area contributed by atoms with Crippen molar-refractivity contribution in [3.05, 3.63) is 82.4 Å². The van der Waals surface area contributed by atoms with Crippen LogP contribution in [0.2, 0.25) is 0 Å². The van der Waals surface area contributed by atoms with Gasteiger partial charge in [0.2, 0.25) is 5.78 Å². The van der Waals surface area contributed by atoms with E-state index in [1.54, 1.807) is 6.20 Å². The summed E-state index contributed by atoms with van der Waals surface area (Å²) >= 11 is 1.50. The number of imidazole rings is 1. The van der Waals surface area contributed by atoms with Crippen molar-refractivity contribution in [3.63, 3.8) is 0 Å². The van der Waals surface area contributed by atoms with Crippen LogP contribution in [0.25, 0.3) is 4.96 Å². The lowest BCUT2D eigenvalue weighted by atomic mass is 10.1. The molecule has 0 radical (unpaired) electrons. The first-order chi connectivity index (χ1) is 14.4. The summed E-state index contributed by atoms with van der Waals surface area (Å²) in [4.78, 5) is 30.1. The van der Waals surface area contributed by atoms with E-state index in [1.807, 2.05) is 54.1 Å². The molecule has 0 saturated carbocycles. The molecule has 1 atom stereocenters. The zero-order valence-electron chi connectivity index (χ0n) is 17.2. The molecule has 7 heteroatoms. The minimum Gasteiger partial charge on any atom is -0.457 e. The van der Waals surface area contributed by atoms with Crippen LogP contribution in [0, 0.1) is 13.8 Å². The standard InChI is InChI=1S/C23H23N3O3S/c1-15-11-20(17(3)26(15)16(2)18-7-5-4-6-8-18)21(27)14-29-22(28)12-19-13-25-9-10-30-23(25)24-19/h4-11,13,16H,12,14H2,1-3H3/t16-/m0/s1. The van der Waals surface area contributed by atoms with E-state index in [1.165, 1.54) is 16.9 Å². The van der Waals surface area contributed by atoms with Crippen LogP contribution in [-0.2, 0) is 16.0 Å². The summed E-state index contributed by atoms with van der Waals surface area (Å²) in [6, 6.07) is 12.1. The van der Waals surface area contributed by atoms with Gasteiger partial charge in [-0.05, 0) is 32.4 Å². The Hall–Kier alpha value is -3.19. The van der Waals surface area contributed by atoms with Gasteiger partial charge < -0.3 is 9.30 Å². The van der Waals surface area contributed by atoms with E-state index in [0.29, 0.717) is 11.3 Å². The molecule has 0 N–H and O–H groups in total. The van der Waals surface area contributed by atoms with E-state index >= 15 is 0 Å². The minimum absolute atomic E-state index is 0.0474. The maximum Gasteiger partial charge on any atom is 0.312 e. The van der Waals surface area contributed by atoms with Crippen LogP contribution in [0.3, 0.4) is 0 Å². The van der Waals surface area contributed by atoms with Crippen LogP contribution >= 0.6 is 11.3 Å². The average molecular weight is 422 g/mol. The van der Waals surface area contributed by atoms with E-state index in [2.05, 4.69) is 28.6 Å². The Morgan fingerprint density at radius 2 is 1.97 bits per heavy atom. The summed E-state index contributed by atoms with van der Waals surface area (Å²) in [6.07, 6.45) is 3.73. The number of ether oxygens (including phenoxy) is 1. The van der Waals surface area contributed by atoms with Crippen molar-refractivity contribution >= 4 is 28.1 Å². The highest BCUT2D eigenvalue weighted by molar-refractivity contribution is 7.15. The maximum atomic E-state index is 12.7. The normalized spacial score (nSPS) is 12.2. The van der Waals surface area contributed by atoms with Crippen molar-refractivity contribution in [2.45, 2.75) is 33.2 Å². The van der Waals surface area contributed by atoms with Gasteiger partial charge in [0.25, 0.3) is 0 Å². The fourth-order valence-corrected chi connectivity index (χ4v) is 4.54. The van der Waals surface area contributed by atoms with Crippen molar-refractivity contribution in [2.24, 2.45) is 0 Å². The first kappa shape index (κ1) is 20.1. The van der Waals surface area contributed by atoms with Crippen LogP contribution < -0.4 is 0 Å². The number of benzene rings is 1. The number of aryl methyl sites for hydroxylation is 1. The highest BCUT2D eigenvalue weighted by atomic mass is 32.1. The molecular weight excluding hydrogens is 398 g/mol. The van der Waals surface area contributed by atoms with Gasteiger partial charge >= 0.3 is 5.97 Å². The Balaban J connectivity index is 1.42. The highest BCUT2D eigenvalue weighted by Gasteiger charge is 2.21. The second-order valence-corrected chi connectivity index (χ2v) is 8.20. The summed E-state index contributed by atoms with van der Waals surface area (Å²) in [6.45, 7) is 5.75. The fraction of sp³-hybridized carbons (Fsp3) is 0.261. The van der Waals surface area contributed by atoms with Crippen LogP contribution in [0.1, 0.15) is 46.0 Å². The van der Waals surface area contributed by atoms with Crippen LogP contribution in [0.5, 0.6) is 0 Å². The Morgan fingerprint density at radius 1 is 1.20 bits per heavy atom. The number of fused-ring (bicyclic) bond motifs is 1. The summed E-state index contributed by atoms with van der Waals surface area (Å²) in [5.74, 6) is -0.658. The fourth-order valence-electron chi connectivity index (χ4n) is 3.82. The zero-order valence-corrected chi connectivity index (χ0v) is 18.0. The zero-order chi connectivity index (χ0) is 21.3. The number of rotatable bonds is 7. The molecule has 3 aromatic heterocycles. The third kappa shape index (κ3) is 3.93. The molecule has 3 heterocycles. The largest absolute Gasteiger partial charge is 0.457 e. The van der Waals surface area contributed by atoms with E-state index in [0.717, 1.165) is 16.3 Å². The van der Waals surface area contributed by atoms with Gasteiger partial charge in [-0.1, -0.05) is 30.3 Å². The first-order valence-corrected chi connectivity index (χ1v) is 10.6. The van der Waals surface area contributed by atoms with Crippen LogP contribution in [0.4, 0.5) is 0 Å². The number of carbonyl (C=O) groups excluding carboxylic acids is 2. The predicted octanol–water partition coefficient (Wildman–Crippen LogP) is 4.39. The maximum absolute atomic E-state index is 12.7. The third-order valence-electron chi connectivity index (χ3n) is 5.29. The molecule has 1 aromatic carbocycles. The van der Waals surface area contributed by atoms with Crippen molar-refractivity contribution in [1.82, 2.24) is 14.0 Å². The van der Waals surface area contributed by atoms with Crippen molar-refractivity contribution < 1.29 is 14.3 Å². The van der Waals surface area contributed by atoms with Crippen molar-refractivity contribution in [2.75, 3.05) is 6.61 Å².